The van der Waals surface area contributed by atoms with Gasteiger partial charge in [-0.1, -0.05) is 24.6 Å². The normalized spacial score (nSPS) is 15.3. The van der Waals surface area contributed by atoms with E-state index in [9.17, 15) is 23.9 Å². The number of carboxylic acid groups (broad SMARTS) is 1. The third-order valence-electron chi connectivity index (χ3n) is 7.75. The molecule has 38 heavy (non-hydrogen) atoms. The van der Waals surface area contributed by atoms with Crippen LogP contribution in [-0.2, 0) is 0 Å². The highest BCUT2D eigenvalue weighted by Crippen LogP contribution is 2.47. The monoisotopic (exact) mass is 520 g/mol. The molecule has 2 aromatic carbocycles. The number of carbonyl (C=O) groups is 2. The van der Waals surface area contributed by atoms with Crippen LogP contribution in [0.5, 0.6) is 0 Å². The number of nitrogens with zero attached hydrogens (tertiary/aromatic N) is 2. The SMILES string of the molecule is Cc1c(C(=O)O)c2c([C@@H](c3cccc(F)c3C(N)=O)C3CCC3)ccc(F)c2c(=O)n1C(C)c1cnc[nH]1. The van der Waals surface area contributed by atoms with Gasteiger partial charge >= 0.3 is 5.97 Å². The molecule has 4 N–H and O–H groups in total. The molecule has 1 unspecified atom stereocenters. The van der Waals surface area contributed by atoms with Gasteiger partial charge in [0, 0.05) is 17.0 Å². The van der Waals surface area contributed by atoms with Crippen molar-refractivity contribution in [2.45, 2.75) is 45.1 Å². The Morgan fingerprint density at radius 2 is 1.84 bits per heavy atom. The highest BCUT2D eigenvalue weighted by molar-refractivity contribution is 6.06. The van der Waals surface area contributed by atoms with Crippen LogP contribution in [0, 0.1) is 24.5 Å². The first-order valence-electron chi connectivity index (χ1n) is 12.3. The number of amides is 1. The number of aromatic nitrogens is 3. The molecule has 1 amide bonds. The Kier molecular flexibility index (Phi) is 6.34. The van der Waals surface area contributed by atoms with Crippen molar-refractivity contribution in [2.24, 2.45) is 11.7 Å². The van der Waals surface area contributed by atoms with Gasteiger partial charge < -0.3 is 20.4 Å². The third-order valence-corrected chi connectivity index (χ3v) is 7.75. The number of aromatic carboxylic acids is 1. The van der Waals surface area contributed by atoms with Crippen LogP contribution in [0.3, 0.4) is 0 Å². The van der Waals surface area contributed by atoms with Crippen LogP contribution in [0.1, 0.15) is 81.4 Å². The highest BCUT2D eigenvalue weighted by Gasteiger charge is 2.36. The maximum atomic E-state index is 15.5. The zero-order valence-corrected chi connectivity index (χ0v) is 20.8. The van der Waals surface area contributed by atoms with Crippen LogP contribution in [0.4, 0.5) is 8.78 Å². The Labute approximate surface area is 216 Å². The van der Waals surface area contributed by atoms with E-state index >= 15 is 4.39 Å². The minimum absolute atomic E-state index is 0.0513. The number of imidazole rings is 1. The van der Waals surface area contributed by atoms with Gasteiger partial charge in [-0.15, -0.1) is 0 Å². The maximum absolute atomic E-state index is 15.5. The molecule has 2 heterocycles. The standard InChI is InChI=1S/C28H26F2N4O4/c1-13(20-11-32-12-33-20)34-14(2)21(28(37)38)24-17(9-10-19(30)25(24)27(34)36)22(15-5-3-6-15)16-7-4-8-18(29)23(16)26(31)35/h4,7-13,15,22H,3,5-6H2,1-2H3,(H2,31,35)(H,32,33)(H,37,38)/t13?,22-/m1/s1. The number of primary amides is 1. The second-order valence-electron chi connectivity index (χ2n) is 9.75. The summed E-state index contributed by atoms with van der Waals surface area (Å²) in [4.78, 5) is 45.8. The minimum Gasteiger partial charge on any atom is -0.478 e. The van der Waals surface area contributed by atoms with Crippen molar-refractivity contribution in [3.05, 3.63) is 98.5 Å². The molecule has 0 saturated heterocycles. The molecule has 2 atom stereocenters. The van der Waals surface area contributed by atoms with Gasteiger partial charge in [-0.3, -0.25) is 9.59 Å². The Morgan fingerprint density at radius 1 is 1.11 bits per heavy atom. The number of rotatable bonds is 7. The molecule has 0 aliphatic heterocycles. The van der Waals surface area contributed by atoms with E-state index in [1.807, 2.05) is 0 Å². The van der Waals surface area contributed by atoms with Crippen LogP contribution in [0.2, 0.25) is 0 Å². The summed E-state index contributed by atoms with van der Waals surface area (Å²) in [5.41, 5.74) is 5.64. The van der Waals surface area contributed by atoms with Gasteiger partial charge in [0.25, 0.3) is 11.5 Å². The maximum Gasteiger partial charge on any atom is 0.338 e. The summed E-state index contributed by atoms with van der Waals surface area (Å²) in [7, 11) is 0. The average Bonchev–Trinajstić information content (AvgIpc) is 3.36. The molecule has 0 spiro atoms. The van der Waals surface area contributed by atoms with Crippen LogP contribution in [0.25, 0.3) is 10.8 Å². The van der Waals surface area contributed by atoms with Gasteiger partial charge in [-0.25, -0.2) is 18.6 Å². The molecule has 10 heteroatoms. The first kappa shape index (κ1) is 25.3. The fraction of sp³-hybridized carbons (Fsp3) is 0.286. The van der Waals surface area contributed by atoms with E-state index in [0.29, 0.717) is 16.8 Å². The number of pyridine rings is 1. The van der Waals surface area contributed by atoms with E-state index in [1.165, 1.54) is 36.1 Å². The van der Waals surface area contributed by atoms with Crippen molar-refractivity contribution in [3.8, 4) is 0 Å². The molecule has 2 aromatic heterocycles. The Morgan fingerprint density at radius 3 is 2.42 bits per heavy atom. The fourth-order valence-electron chi connectivity index (χ4n) is 5.78. The Bertz CT molecular complexity index is 1640. The predicted molar refractivity (Wildman–Crippen MR) is 136 cm³/mol. The van der Waals surface area contributed by atoms with Crippen LogP contribution in [0.15, 0.2) is 47.7 Å². The first-order valence-corrected chi connectivity index (χ1v) is 12.3. The van der Waals surface area contributed by atoms with Gasteiger partial charge in [0.1, 0.15) is 11.6 Å². The lowest BCUT2D eigenvalue weighted by atomic mass is 9.68. The van der Waals surface area contributed by atoms with E-state index in [2.05, 4.69) is 9.97 Å². The summed E-state index contributed by atoms with van der Waals surface area (Å²) in [6.07, 6.45) is 5.29. The smallest absolute Gasteiger partial charge is 0.338 e. The summed E-state index contributed by atoms with van der Waals surface area (Å²) in [6.45, 7) is 3.19. The molecule has 5 rings (SSSR count). The second kappa shape index (κ2) is 9.51. The zero-order valence-electron chi connectivity index (χ0n) is 20.8. The van der Waals surface area contributed by atoms with Gasteiger partial charge in [0.05, 0.1) is 40.8 Å². The van der Waals surface area contributed by atoms with Crippen LogP contribution in [-0.4, -0.2) is 31.5 Å². The number of hydrogen-bond acceptors (Lipinski definition) is 4. The lowest BCUT2D eigenvalue weighted by molar-refractivity contribution is 0.0696. The molecule has 1 saturated carbocycles. The molecule has 0 bridgehead atoms. The van der Waals surface area contributed by atoms with E-state index in [-0.39, 0.29) is 33.5 Å². The number of nitrogens with one attached hydrogen (secondary N) is 1. The number of fused-ring (bicyclic) bond motifs is 1. The molecule has 1 aliphatic rings. The van der Waals surface area contributed by atoms with Crippen molar-refractivity contribution >= 4 is 22.6 Å². The summed E-state index contributed by atoms with van der Waals surface area (Å²) in [6, 6.07) is 6.06. The largest absolute Gasteiger partial charge is 0.478 e. The number of hydrogen-bond donors (Lipinski definition) is 3. The molecular formula is C28H26F2N4O4. The molecule has 8 nitrogen and oxygen atoms in total. The Balaban J connectivity index is 1.90. The molecular weight excluding hydrogens is 494 g/mol. The van der Waals surface area contributed by atoms with Crippen molar-refractivity contribution in [1.29, 1.82) is 0 Å². The Hall–Kier alpha value is -4.34. The molecule has 1 aliphatic carbocycles. The average molecular weight is 521 g/mol. The first-order chi connectivity index (χ1) is 18.1. The molecule has 4 aromatic rings. The predicted octanol–water partition coefficient (Wildman–Crippen LogP) is 4.65. The third kappa shape index (κ3) is 3.87. The highest BCUT2D eigenvalue weighted by atomic mass is 19.1. The van der Waals surface area contributed by atoms with Crippen molar-refractivity contribution in [1.82, 2.24) is 14.5 Å². The van der Waals surface area contributed by atoms with Gasteiger partial charge in [-0.2, -0.15) is 0 Å². The van der Waals surface area contributed by atoms with Crippen LogP contribution >= 0.6 is 0 Å². The quantitative estimate of drug-likeness (QED) is 0.327. The molecule has 1 fully saturated rings. The number of benzene rings is 2. The zero-order chi connectivity index (χ0) is 27.3. The lowest BCUT2D eigenvalue weighted by Crippen LogP contribution is -2.31. The topological polar surface area (TPSA) is 131 Å². The van der Waals surface area contributed by atoms with Gasteiger partial charge in [0.2, 0.25) is 0 Å². The fourth-order valence-corrected chi connectivity index (χ4v) is 5.78. The number of carboxylic acids is 1. The van der Waals surface area contributed by atoms with E-state index in [4.69, 9.17) is 5.73 Å². The number of halogens is 2. The van der Waals surface area contributed by atoms with E-state index < -0.39 is 41.0 Å². The second-order valence-corrected chi connectivity index (χ2v) is 9.75. The number of aromatic amines is 1. The summed E-state index contributed by atoms with van der Waals surface area (Å²) < 4.78 is 31.5. The van der Waals surface area contributed by atoms with Gasteiger partial charge in [0.15, 0.2) is 0 Å². The number of nitrogens with two attached hydrogens (primary N) is 1. The summed E-state index contributed by atoms with van der Waals surface area (Å²) in [5, 5.41) is 9.94. The summed E-state index contributed by atoms with van der Waals surface area (Å²) in [5.74, 6) is -4.73. The summed E-state index contributed by atoms with van der Waals surface area (Å²) >= 11 is 0. The number of H-pyrrole nitrogens is 1. The van der Waals surface area contributed by atoms with E-state index in [1.54, 1.807) is 13.0 Å². The van der Waals surface area contributed by atoms with Crippen molar-refractivity contribution in [2.75, 3.05) is 0 Å². The molecule has 0 radical (unpaired) electrons. The van der Waals surface area contributed by atoms with Crippen molar-refractivity contribution in [3.63, 3.8) is 0 Å². The minimum atomic E-state index is -1.34. The van der Waals surface area contributed by atoms with Crippen molar-refractivity contribution < 1.29 is 23.5 Å². The van der Waals surface area contributed by atoms with E-state index in [0.717, 1.165) is 31.4 Å². The lowest BCUT2D eigenvalue weighted by Gasteiger charge is -2.36. The number of carbonyl (C=O) groups excluding carboxylic acids is 1. The molecule has 196 valence electrons. The van der Waals surface area contributed by atoms with Crippen LogP contribution < -0.4 is 11.3 Å². The van der Waals surface area contributed by atoms with Gasteiger partial charge in [-0.05, 0) is 55.9 Å².